The predicted molar refractivity (Wildman–Crippen MR) is 108 cm³/mol. The molecule has 0 radical (unpaired) electrons. The van der Waals surface area contributed by atoms with E-state index in [2.05, 4.69) is 19.7 Å². The molecule has 0 aliphatic heterocycles. The minimum Gasteiger partial charge on any atom is -0.444 e. The zero-order valence-electron chi connectivity index (χ0n) is 14.4. The molecule has 0 amide bonds. The van der Waals surface area contributed by atoms with E-state index in [4.69, 9.17) is 16.0 Å². The first kappa shape index (κ1) is 18.2. The molecule has 2 aromatic carbocycles. The SMILES string of the molecule is O=C(c1ccncn1)c1cc(Cl)ccc1NSc1ccc(-c2cnco2)cc1. The maximum Gasteiger partial charge on any atom is 0.213 e. The molecule has 138 valence electrons. The molecule has 0 bridgehead atoms. The van der Waals surface area contributed by atoms with Gasteiger partial charge in [-0.25, -0.2) is 15.0 Å². The number of nitrogens with zero attached hydrogens (tertiary/aromatic N) is 3. The molecule has 6 nitrogen and oxygen atoms in total. The van der Waals surface area contributed by atoms with E-state index in [9.17, 15) is 4.79 Å². The summed E-state index contributed by atoms with van der Waals surface area (Å²) in [7, 11) is 0. The Labute approximate surface area is 170 Å². The van der Waals surface area contributed by atoms with Gasteiger partial charge in [0.1, 0.15) is 12.0 Å². The molecular weight excluding hydrogens is 396 g/mol. The third kappa shape index (κ3) is 4.05. The fourth-order valence-electron chi connectivity index (χ4n) is 2.52. The Hall–Kier alpha value is -3.16. The van der Waals surface area contributed by atoms with Gasteiger partial charge in [0.15, 0.2) is 12.2 Å². The predicted octanol–water partition coefficient (Wildman–Crippen LogP) is 5.14. The first-order chi connectivity index (χ1) is 13.7. The smallest absolute Gasteiger partial charge is 0.213 e. The molecule has 2 aromatic heterocycles. The Morgan fingerprint density at radius 1 is 1.07 bits per heavy atom. The third-order valence-corrected chi connectivity index (χ3v) is 4.96. The van der Waals surface area contributed by atoms with Crippen molar-refractivity contribution in [1.82, 2.24) is 15.0 Å². The zero-order valence-corrected chi connectivity index (χ0v) is 15.9. The quantitative estimate of drug-likeness (QED) is 0.349. The van der Waals surface area contributed by atoms with Gasteiger partial charge < -0.3 is 9.14 Å². The highest BCUT2D eigenvalue weighted by Gasteiger charge is 2.16. The minimum absolute atomic E-state index is 0.228. The van der Waals surface area contributed by atoms with Crippen molar-refractivity contribution in [3.63, 3.8) is 0 Å². The fourth-order valence-corrected chi connectivity index (χ4v) is 3.37. The molecule has 1 N–H and O–H groups in total. The van der Waals surface area contributed by atoms with Crippen LogP contribution >= 0.6 is 23.5 Å². The number of aromatic nitrogens is 3. The van der Waals surface area contributed by atoms with E-state index in [1.54, 1.807) is 30.5 Å². The number of ketones is 1. The summed E-state index contributed by atoms with van der Waals surface area (Å²) in [6.45, 7) is 0. The minimum atomic E-state index is -0.228. The number of anilines is 1. The molecule has 28 heavy (non-hydrogen) atoms. The lowest BCUT2D eigenvalue weighted by Crippen LogP contribution is -2.07. The van der Waals surface area contributed by atoms with Gasteiger partial charge >= 0.3 is 0 Å². The largest absolute Gasteiger partial charge is 0.444 e. The van der Waals surface area contributed by atoms with Crippen molar-refractivity contribution in [2.75, 3.05) is 4.72 Å². The number of carbonyl (C=O) groups is 1. The average Bonchev–Trinajstić information content (AvgIpc) is 3.28. The van der Waals surface area contributed by atoms with Crippen molar-refractivity contribution >= 4 is 35.0 Å². The summed E-state index contributed by atoms with van der Waals surface area (Å²) in [6.07, 6.45) is 5.94. The summed E-state index contributed by atoms with van der Waals surface area (Å²) in [5.41, 5.74) is 2.34. The Morgan fingerprint density at radius 2 is 1.93 bits per heavy atom. The Balaban J connectivity index is 1.53. The summed E-state index contributed by atoms with van der Waals surface area (Å²) in [4.78, 5) is 25.6. The van der Waals surface area contributed by atoms with E-state index in [-0.39, 0.29) is 5.78 Å². The molecule has 0 spiro atoms. The Bertz CT molecular complexity index is 1090. The average molecular weight is 409 g/mol. The molecule has 4 aromatic rings. The summed E-state index contributed by atoms with van der Waals surface area (Å²) in [5.74, 6) is 0.480. The first-order valence-corrected chi connectivity index (χ1v) is 9.42. The summed E-state index contributed by atoms with van der Waals surface area (Å²) < 4.78 is 8.51. The van der Waals surface area contributed by atoms with E-state index in [0.29, 0.717) is 27.7 Å². The van der Waals surface area contributed by atoms with Crippen LogP contribution in [0.15, 0.2) is 83.0 Å². The number of halogens is 1. The van der Waals surface area contributed by atoms with E-state index < -0.39 is 0 Å². The van der Waals surface area contributed by atoms with Crippen LogP contribution in [0.5, 0.6) is 0 Å². The molecule has 0 saturated heterocycles. The summed E-state index contributed by atoms with van der Waals surface area (Å²) in [5, 5.41) is 0.476. The second-order valence-corrected chi connectivity index (χ2v) is 7.02. The van der Waals surface area contributed by atoms with E-state index in [1.165, 1.54) is 30.9 Å². The fraction of sp³-hybridized carbons (Fsp3) is 0. The highest BCUT2D eigenvalue weighted by Crippen LogP contribution is 2.29. The van der Waals surface area contributed by atoms with Gasteiger partial charge in [-0.1, -0.05) is 23.7 Å². The van der Waals surface area contributed by atoms with Crippen molar-refractivity contribution in [2.45, 2.75) is 4.90 Å². The van der Waals surface area contributed by atoms with Crippen LogP contribution in [0.1, 0.15) is 16.1 Å². The van der Waals surface area contributed by atoms with Crippen LogP contribution < -0.4 is 4.72 Å². The number of carbonyl (C=O) groups excluding carboxylic acids is 1. The molecule has 0 unspecified atom stereocenters. The van der Waals surface area contributed by atoms with Crippen molar-refractivity contribution in [3.05, 3.63) is 89.9 Å². The molecular formula is C20H13ClN4O2S. The van der Waals surface area contributed by atoms with E-state index in [1.807, 2.05) is 24.3 Å². The van der Waals surface area contributed by atoms with Gasteiger partial charge in [0.2, 0.25) is 5.78 Å². The number of benzene rings is 2. The van der Waals surface area contributed by atoms with Gasteiger partial charge in [-0.3, -0.25) is 4.79 Å². The number of rotatable bonds is 6. The topological polar surface area (TPSA) is 80.9 Å². The van der Waals surface area contributed by atoms with Gasteiger partial charge in [-0.05, 0) is 48.3 Å². The molecule has 0 aliphatic rings. The number of oxazole rings is 1. The van der Waals surface area contributed by atoms with Crippen LogP contribution in [-0.2, 0) is 0 Å². The molecule has 8 heteroatoms. The molecule has 2 heterocycles. The molecule has 0 saturated carbocycles. The van der Waals surface area contributed by atoms with Crippen molar-refractivity contribution in [2.24, 2.45) is 0 Å². The molecule has 0 fully saturated rings. The highest BCUT2D eigenvalue weighted by molar-refractivity contribution is 8.00. The maximum absolute atomic E-state index is 12.8. The summed E-state index contributed by atoms with van der Waals surface area (Å²) >= 11 is 7.49. The lowest BCUT2D eigenvalue weighted by Gasteiger charge is -2.11. The second kappa shape index (κ2) is 8.24. The van der Waals surface area contributed by atoms with Gasteiger partial charge in [-0.2, -0.15) is 0 Å². The lowest BCUT2D eigenvalue weighted by atomic mass is 10.1. The van der Waals surface area contributed by atoms with Crippen LogP contribution in [-0.4, -0.2) is 20.7 Å². The van der Waals surface area contributed by atoms with Gasteiger partial charge in [-0.15, -0.1) is 0 Å². The monoisotopic (exact) mass is 408 g/mol. The van der Waals surface area contributed by atoms with Crippen LogP contribution in [0.2, 0.25) is 5.02 Å². The van der Waals surface area contributed by atoms with Gasteiger partial charge in [0.05, 0.1) is 11.9 Å². The van der Waals surface area contributed by atoms with E-state index in [0.717, 1.165) is 10.5 Å². The van der Waals surface area contributed by atoms with E-state index >= 15 is 0 Å². The van der Waals surface area contributed by atoms with Crippen molar-refractivity contribution in [1.29, 1.82) is 0 Å². The van der Waals surface area contributed by atoms with Crippen molar-refractivity contribution < 1.29 is 9.21 Å². The van der Waals surface area contributed by atoms with Gasteiger partial charge in [0, 0.05) is 27.2 Å². The highest BCUT2D eigenvalue weighted by atomic mass is 35.5. The third-order valence-electron chi connectivity index (χ3n) is 3.89. The lowest BCUT2D eigenvalue weighted by molar-refractivity contribution is 0.103. The number of hydrogen-bond donors (Lipinski definition) is 1. The zero-order chi connectivity index (χ0) is 19.3. The van der Waals surface area contributed by atoms with Crippen LogP contribution in [0.25, 0.3) is 11.3 Å². The molecule has 0 atom stereocenters. The number of nitrogens with one attached hydrogen (secondary N) is 1. The summed E-state index contributed by atoms with van der Waals surface area (Å²) in [6, 6.07) is 14.5. The van der Waals surface area contributed by atoms with Crippen LogP contribution in [0, 0.1) is 0 Å². The Kier molecular flexibility index (Phi) is 5.36. The standard InChI is InChI=1S/C20H13ClN4O2S/c21-14-3-6-17(16(9-14)20(26)18-7-8-22-11-24-18)25-28-15-4-1-13(2-5-15)19-10-23-12-27-19/h1-12,25H. The molecule has 0 aliphatic carbocycles. The maximum atomic E-state index is 12.8. The molecule has 4 rings (SSSR count). The van der Waals surface area contributed by atoms with Crippen LogP contribution in [0.4, 0.5) is 5.69 Å². The number of hydrogen-bond acceptors (Lipinski definition) is 7. The first-order valence-electron chi connectivity index (χ1n) is 8.23. The van der Waals surface area contributed by atoms with Gasteiger partial charge in [0.25, 0.3) is 0 Å². The van der Waals surface area contributed by atoms with Crippen LogP contribution in [0.3, 0.4) is 0 Å². The second-order valence-electron chi connectivity index (χ2n) is 5.71. The van der Waals surface area contributed by atoms with Crippen molar-refractivity contribution in [3.8, 4) is 11.3 Å². The normalized spacial score (nSPS) is 10.6. The Morgan fingerprint density at radius 3 is 2.64 bits per heavy atom.